The van der Waals surface area contributed by atoms with Gasteiger partial charge in [0.15, 0.2) is 11.5 Å². The highest BCUT2D eigenvalue weighted by Gasteiger charge is 2.26. The normalized spacial score (nSPS) is 14.3. The molecule has 0 radical (unpaired) electrons. The minimum Gasteiger partial charge on any atom is -0.490 e. The molecule has 6 heteroatoms. The standard InChI is InChI=1S/C25H20FNO4/c1-2-29-23-15-18(10-13-22(23)30-16-17-8-11-20(26)12-9-17)14-21-24(27-31-25(21)28)19-6-4-3-5-7-19/h3-15H,2,16H2,1H3/b21-14-. The van der Waals surface area contributed by atoms with Gasteiger partial charge in [-0.3, -0.25) is 0 Å². The Labute approximate surface area is 179 Å². The highest BCUT2D eigenvalue weighted by Crippen LogP contribution is 2.31. The topological polar surface area (TPSA) is 57.1 Å². The van der Waals surface area contributed by atoms with Crippen molar-refractivity contribution in [2.45, 2.75) is 13.5 Å². The zero-order valence-electron chi connectivity index (χ0n) is 16.9. The maximum atomic E-state index is 13.1. The quantitative estimate of drug-likeness (QED) is 0.394. The average molecular weight is 417 g/mol. The van der Waals surface area contributed by atoms with Gasteiger partial charge >= 0.3 is 5.97 Å². The van der Waals surface area contributed by atoms with Crippen LogP contribution >= 0.6 is 0 Å². The van der Waals surface area contributed by atoms with E-state index in [1.165, 1.54) is 12.1 Å². The summed E-state index contributed by atoms with van der Waals surface area (Å²) in [6.45, 7) is 2.60. The van der Waals surface area contributed by atoms with E-state index in [1.807, 2.05) is 43.3 Å². The molecule has 0 amide bonds. The van der Waals surface area contributed by atoms with E-state index < -0.39 is 5.97 Å². The molecule has 0 unspecified atom stereocenters. The molecule has 156 valence electrons. The number of halogens is 1. The highest BCUT2D eigenvalue weighted by molar-refractivity contribution is 6.31. The van der Waals surface area contributed by atoms with E-state index in [9.17, 15) is 9.18 Å². The first-order valence-electron chi connectivity index (χ1n) is 9.85. The monoisotopic (exact) mass is 417 g/mol. The minimum atomic E-state index is -0.506. The predicted octanol–water partition coefficient (Wildman–Crippen LogP) is 5.15. The minimum absolute atomic E-state index is 0.276. The molecular formula is C25H20FNO4. The molecule has 0 bridgehead atoms. The first kappa shape index (κ1) is 20.3. The van der Waals surface area contributed by atoms with Crippen molar-refractivity contribution in [2.24, 2.45) is 5.16 Å². The fourth-order valence-corrected chi connectivity index (χ4v) is 3.12. The van der Waals surface area contributed by atoms with Crippen LogP contribution < -0.4 is 9.47 Å². The molecule has 1 heterocycles. The lowest BCUT2D eigenvalue weighted by molar-refractivity contribution is -0.136. The van der Waals surface area contributed by atoms with Crippen LogP contribution in [-0.2, 0) is 16.2 Å². The first-order valence-corrected chi connectivity index (χ1v) is 9.85. The number of carbonyl (C=O) groups excluding carboxylic acids is 1. The molecule has 3 aromatic rings. The molecule has 0 spiro atoms. The molecule has 0 fully saturated rings. The van der Waals surface area contributed by atoms with Crippen molar-refractivity contribution in [1.29, 1.82) is 0 Å². The second-order valence-corrected chi connectivity index (χ2v) is 6.80. The molecule has 1 aliphatic rings. The number of oxime groups is 1. The molecule has 0 aromatic heterocycles. The summed E-state index contributed by atoms with van der Waals surface area (Å²) in [5.74, 6) is 0.302. The van der Waals surface area contributed by atoms with Crippen molar-refractivity contribution in [3.63, 3.8) is 0 Å². The Bertz CT molecular complexity index is 1140. The number of hydrogen-bond acceptors (Lipinski definition) is 5. The van der Waals surface area contributed by atoms with Crippen molar-refractivity contribution < 1.29 is 23.5 Å². The number of ether oxygens (including phenoxy) is 2. The maximum Gasteiger partial charge on any atom is 0.368 e. The van der Waals surface area contributed by atoms with Crippen molar-refractivity contribution >= 4 is 17.8 Å². The highest BCUT2D eigenvalue weighted by atomic mass is 19.1. The average Bonchev–Trinajstić information content (AvgIpc) is 3.15. The fourth-order valence-electron chi connectivity index (χ4n) is 3.12. The smallest absolute Gasteiger partial charge is 0.368 e. The Balaban J connectivity index is 1.58. The van der Waals surface area contributed by atoms with Crippen molar-refractivity contribution in [1.82, 2.24) is 0 Å². The molecule has 3 aromatic carbocycles. The summed E-state index contributed by atoms with van der Waals surface area (Å²) in [6.07, 6.45) is 1.72. The van der Waals surface area contributed by atoms with E-state index in [1.54, 1.807) is 30.3 Å². The van der Waals surface area contributed by atoms with E-state index in [-0.39, 0.29) is 12.4 Å². The van der Waals surface area contributed by atoms with Crippen LogP contribution in [0.2, 0.25) is 0 Å². The van der Waals surface area contributed by atoms with E-state index in [4.69, 9.17) is 14.3 Å². The van der Waals surface area contributed by atoms with Gasteiger partial charge in [-0.2, -0.15) is 0 Å². The van der Waals surface area contributed by atoms with Gasteiger partial charge in [0.05, 0.1) is 12.2 Å². The summed E-state index contributed by atoms with van der Waals surface area (Å²) in [6, 6.07) is 20.9. The van der Waals surface area contributed by atoms with E-state index in [0.29, 0.717) is 29.4 Å². The largest absolute Gasteiger partial charge is 0.490 e. The molecule has 1 aliphatic heterocycles. The molecule has 0 saturated carbocycles. The maximum absolute atomic E-state index is 13.1. The van der Waals surface area contributed by atoms with Crippen LogP contribution in [0, 0.1) is 5.82 Å². The number of nitrogens with zero attached hydrogens (tertiary/aromatic N) is 1. The first-order chi connectivity index (χ1) is 15.1. The molecule has 5 nitrogen and oxygen atoms in total. The van der Waals surface area contributed by atoms with Gasteiger partial charge in [0.1, 0.15) is 18.1 Å². The lowest BCUT2D eigenvalue weighted by Gasteiger charge is -2.13. The molecular weight excluding hydrogens is 397 g/mol. The fraction of sp³-hybridized carbons (Fsp3) is 0.120. The summed E-state index contributed by atoms with van der Waals surface area (Å²) in [7, 11) is 0. The third-order valence-electron chi connectivity index (χ3n) is 4.63. The molecule has 0 saturated heterocycles. The number of rotatable bonds is 7. The zero-order valence-corrected chi connectivity index (χ0v) is 16.9. The van der Waals surface area contributed by atoms with Crippen LogP contribution in [0.15, 0.2) is 83.5 Å². The van der Waals surface area contributed by atoms with Gasteiger partial charge in [-0.05, 0) is 48.4 Å². The Morgan fingerprint density at radius 2 is 1.74 bits per heavy atom. The molecule has 0 aliphatic carbocycles. The van der Waals surface area contributed by atoms with Crippen LogP contribution in [0.25, 0.3) is 6.08 Å². The van der Waals surface area contributed by atoms with Gasteiger partial charge in [-0.25, -0.2) is 9.18 Å². The zero-order chi connectivity index (χ0) is 21.6. The third-order valence-corrected chi connectivity index (χ3v) is 4.63. The van der Waals surface area contributed by atoms with E-state index >= 15 is 0 Å². The summed E-state index contributed by atoms with van der Waals surface area (Å²) in [5, 5.41) is 3.93. The third kappa shape index (κ3) is 4.80. The molecule has 31 heavy (non-hydrogen) atoms. The summed E-state index contributed by atoms with van der Waals surface area (Å²) in [4.78, 5) is 17.1. The molecule has 0 N–H and O–H groups in total. The predicted molar refractivity (Wildman–Crippen MR) is 115 cm³/mol. The van der Waals surface area contributed by atoms with Crippen LogP contribution in [0.5, 0.6) is 11.5 Å². The van der Waals surface area contributed by atoms with Gasteiger partial charge < -0.3 is 14.3 Å². The van der Waals surface area contributed by atoms with Crippen molar-refractivity contribution in [2.75, 3.05) is 6.61 Å². The van der Waals surface area contributed by atoms with Gasteiger partial charge in [-0.1, -0.05) is 53.7 Å². The van der Waals surface area contributed by atoms with Crippen LogP contribution in [-0.4, -0.2) is 18.3 Å². The second kappa shape index (κ2) is 9.26. The summed E-state index contributed by atoms with van der Waals surface area (Å²) < 4.78 is 24.7. The van der Waals surface area contributed by atoms with Crippen LogP contribution in [0.4, 0.5) is 4.39 Å². The summed E-state index contributed by atoms with van der Waals surface area (Å²) in [5.41, 5.74) is 3.24. The lowest BCUT2D eigenvalue weighted by Crippen LogP contribution is -2.06. The van der Waals surface area contributed by atoms with Crippen molar-refractivity contribution in [3.05, 3.63) is 101 Å². The Morgan fingerprint density at radius 1 is 0.968 bits per heavy atom. The van der Waals surface area contributed by atoms with Gasteiger partial charge in [-0.15, -0.1) is 0 Å². The SMILES string of the molecule is CCOc1cc(/C=C2\C(=O)ON=C2c2ccccc2)ccc1OCc1ccc(F)cc1. The van der Waals surface area contributed by atoms with Crippen molar-refractivity contribution in [3.8, 4) is 11.5 Å². The van der Waals surface area contributed by atoms with E-state index in [0.717, 1.165) is 16.7 Å². The van der Waals surface area contributed by atoms with E-state index in [2.05, 4.69) is 5.16 Å². The van der Waals surface area contributed by atoms with Crippen LogP contribution in [0.3, 0.4) is 0 Å². The number of carbonyl (C=O) groups is 1. The summed E-state index contributed by atoms with van der Waals surface area (Å²) >= 11 is 0. The number of hydrogen-bond donors (Lipinski definition) is 0. The van der Waals surface area contributed by atoms with Gasteiger partial charge in [0.25, 0.3) is 0 Å². The second-order valence-electron chi connectivity index (χ2n) is 6.80. The number of benzene rings is 3. The van der Waals surface area contributed by atoms with Crippen LogP contribution in [0.1, 0.15) is 23.6 Å². The Morgan fingerprint density at radius 3 is 2.48 bits per heavy atom. The van der Waals surface area contributed by atoms with Gasteiger partial charge in [0, 0.05) is 5.56 Å². The molecule has 0 atom stereocenters. The molecule has 4 rings (SSSR count). The Hall–Kier alpha value is -3.93. The van der Waals surface area contributed by atoms with Gasteiger partial charge in [0.2, 0.25) is 0 Å². The Kier molecular flexibility index (Phi) is 6.08. The lowest BCUT2D eigenvalue weighted by atomic mass is 10.0.